The summed E-state index contributed by atoms with van der Waals surface area (Å²) in [5, 5.41) is 0. The maximum absolute atomic E-state index is 13.6. The number of nitrogen functional groups attached to an aromatic ring is 1. The van der Waals surface area contributed by atoms with Gasteiger partial charge in [-0.15, -0.1) is 0 Å². The number of sulfonamides is 1. The van der Waals surface area contributed by atoms with E-state index in [-0.39, 0.29) is 5.69 Å². The summed E-state index contributed by atoms with van der Waals surface area (Å²) >= 11 is 0. The first-order valence-electron chi connectivity index (χ1n) is 6.01. The minimum absolute atomic E-state index is 0.122. The lowest BCUT2D eigenvalue weighted by Crippen LogP contribution is -2.45. The van der Waals surface area contributed by atoms with Crippen LogP contribution in [-0.2, 0) is 14.8 Å². The first-order valence-corrected chi connectivity index (χ1v) is 7.49. The fraction of sp³-hybridized carbons (Fsp3) is 0.417. The molecule has 0 spiro atoms. The van der Waals surface area contributed by atoms with Crippen molar-refractivity contribution in [3.05, 3.63) is 24.0 Å². The third-order valence-corrected chi connectivity index (χ3v) is 4.37. The van der Waals surface area contributed by atoms with Crippen LogP contribution in [-0.4, -0.2) is 38.9 Å². The molecule has 1 atom stereocenters. The summed E-state index contributed by atoms with van der Waals surface area (Å²) in [5.74, 6) is -1.35. The predicted molar refractivity (Wildman–Crippen MR) is 73.9 cm³/mol. The predicted octanol–water partition coefficient (Wildman–Crippen LogP) is 0.553. The molecule has 1 aromatic rings. The summed E-state index contributed by atoms with van der Waals surface area (Å²) < 4.78 is 39.8. The van der Waals surface area contributed by atoms with Gasteiger partial charge in [0.2, 0.25) is 15.9 Å². The van der Waals surface area contributed by atoms with Gasteiger partial charge in [-0.05, 0) is 32.0 Å². The monoisotopic (exact) mass is 303 g/mol. The smallest absolute Gasteiger partial charge is 0.244 e. The van der Waals surface area contributed by atoms with Crippen molar-refractivity contribution in [2.45, 2.75) is 24.8 Å². The van der Waals surface area contributed by atoms with Gasteiger partial charge < -0.3 is 10.6 Å². The van der Waals surface area contributed by atoms with Gasteiger partial charge in [-0.2, -0.15) is 4.72 Å². The maximum Gasteiger partial charge on any atom is 0.244 e. The molecule has 20 heavy (non-hydrogen) atoms. The third-order valence-electron chi connectivity index (χ3n) is 2.80. The number of benzene rings is 1. The number of likely N-dealkylation sites (N-methyl/N-ethyl adjacent to an activating group) is 1. The molecule has 112 valence electrons. The molecule has 3 N–H and O–H groups in total. The van der Waals surface area contributed by atoms with Crippen LogP contribution in [0, 0.1) is 5.82 Å². The molecular formula is C12H18FN3O3S. The van der Waals surface area contributed by atoms with Crippen LogP contribution >= 0.6 is 0 Å². The Kier molecular flexibility index (Phi) is 5.07. The minimum atomic E-state index is -4.12. The largest absolute Gasteiger partial charge is 0.399 e. The fourth-order valence-electron chi connectivity index (χ4n) is 1.57. The number of nitrogens with zero attached hydrogens (tertiary/aromatic N) is 1. The van der Waals surface area contributed by atoms with Crippen molar-refractivity contribution in [3.63, 3.8) is 0 Å². The number of nitrogens with one attached hydrogen (secondary N) is 1. The molecule has 1 aromatic carbocycles. The lowest BCUT2D eigenvalue weighted by molar-refractivity contribution is -0.131. The average molecular weight is 303 g/mol. The zero-order valence-corrected chi connectivity index (χ0v) is 12.4. The SMILES string of the molecule is CCN(C)C(=O)C(C)NS(=O)(=O)c1ccc(N)cc1F. The molecular weight excluding hydrogens is 285 g/mol. The number of amides is 1. The molecule has 1 unspecified atom stereocenters. The lowest BCUT2D eigenvalue weighted by atomic mass is 10.3. The number of carbonyl (C=O) groups excluding carboxylic acids is 1. The molecule has 1 rings (SSSR count). The molecule has 1 amide bonds. The Morgan fingerprint density at radius 3 is 2.60 bits per heavy atom. The Labute approximate surface area is 117 Å². The molecule has 0 aromatic heterocycles. The van der Waals surface area contributed by atoms with Gasteiger partial charge in [-0.1, -0.05) is 0 Å². The van der Waals surface area contributed by atoms with Crippen molar-refractivity contribution in [1.82, 2.24) is 9.62 Å². The normalized spacial score (nSPS) is 13.0. The number of rotatable bonds is 5. The van der Waals surface area contributed by atoms with Crippen LogP contribution in [0.25, 0.3) is 0 Å². The summed E-state index contributed by atoms with van der Waals surface area (Å²) in [4.78, 5) is 12.6. The van der Waals surface area contributed by atoms with E-state index in [0.29, 0.717) is 6.54 Å². The van der Waals surface area contributed by atoms with Gasteiger partial charge in [0, 0.05) is 19.3 Å². The van der Waals surface area contributed by atoms with E-state index >= 15 is 0 Å². The van der Waals surface area contributed by atoms with E-state index < -0.39 is 32.7 Å². The van der Waals surface area contributed by atoms with E-state index in [4.69, 9.17) is 5.73 Å². The maximum atomic E-state index is 13.6. The van der Waals surface area contributed by atoms with Crippen LogP contribution in [0.5, 0.6) is 0 Å². The standard InChI is InChI=1S/C12H18FN3O3S/c1-4-16(3)12(17)8(2)15-20(18,19)11-6-5-9(14)7-10(11)13/h5-8,15H,4,14H2,1-3H3. The van der Waals surface area contributed by atoms with Gasteiger partial charge in [-0.3, -0.25) is 4.79 Å². The Hall–Kier alpha value is -1.67. The van der Waals surface area contributed by atoms with E-state index in [1.54, 1.807) is 14.0 Å². The second kappa shape index (κ2) is 6.19. The molecule has 0 aliphatic rings. The Morgan fingerprint density at radius 1 is 1.50 bits per heavy atom. The van der Waals surface area contributed by atoms with Crippen molar-refractivity contribution >= 4 is 21.6 Å². The Bertz CT molecular complexity index is 604. The molecule has 0 heterocycles. The summed E-state index contributed by atoms with van der Waals surface area (Å²) in [6, 6.07) is 2.27. The molecule has 0 bridgehead atoms. The first kappa shape index (κ1) is 16.4. The van der Waals surface area contributed by atoms with Crippen molar-refractivity contribution in [2.75, 3.05) is 19.3 Å². The van der Waals surface area contributed by atoms with E-state index in [2.05, 4.69) is 4.72 Å². The Balaban J connectivity index is 2.98. The first-order chi connectivity index (χ1) is 9.19. The molecule has 0 saturated heterocycles. The van der Waals surface area contributed by atoms with Crippen molar-refractivity contribution in [1.29, 1.82) is 0 Å². The average Bonchev–Trinajstić information content (AvgIpc) is 2.35. The second-order valence-corrected chi connectivity index (χ2v) is 6.07. The van der Waals surface area contributed by atoms with Crippen LogP contribution in [0.4, 0.5) is 10.1 Å². The summed E-state index contributed by atoms with van der Waals surface area (Å²) in [5.41, 5.74) is 5.48. The molecule has 0 aliphatic heterocycles. The second-order valence-electron chi connectivity index (χ2n) is 4.39. The highest BCUT2D eigenvalue weighted by Gasteiger charge is 2.25. The number of hydrogen-bond donors (Lipinski definition) is 2. The minimum Gasteiger partial charge on any atom is -0.399 e. The highest BCUT2D eigenvalue weighted by atomic mass is 32.2. The number of halogens is 1. The Morgan fingerprint density at radius 2 is 2.10 bits per heavy atom. The molecule has 6 nitrogen and oxygen atoms in total. The molecule has 0 saturated carbocycles. The summed E-state index contributed by atoms with van der Waals surface area (Å²) in [6.45, 7) is 3.61. The lowest BCUT2D eigenvalue weighted by Gasteiger charge is -2.20. The van der Waals surface area contributed by atoms with E-state index in [0.717, 1.165) is 12.1 Å². The number of nitrogens with two attached hydrogens (primary N) is 1. The zero-order chi connectivity index (χ0) is 15.5. The van der Waals surface area contributed by atoms with Gasteiger partial charge in [-0.25, -0.2) is 12.8 Å². The van der Waals surface area contributed by atoms with Crippen molar-refractivity contribution < 1.29 is 17.6 Å². The highest BCUT2D eigenvalue weighted by molar-refractivity contribution is 7.89. The van der Waals surface area contributed by atoms with Crippen LogP contribution in [0.2, 0.25) is 0 Å². The number of carbonyl (C=O) groups is 1. The number of anilines is 1. The zero-order valence-electron chi connectivity index (χ0n) is 11.6. The van der Waals surface area contributed by atoms with E-state index in [9.17, 15) is 17.6 Å². The van der Waals surface area contributed by atoms with Gasteiger partial charge in [0.05, 0.1) is 6.04 Å². The molecule has 8 heteroatoms. The van der Waals surface area contributed by atoms with Gasteiger partial charge >= 0.3 is 0 Å². The topological polar surface area (TPSA) is 92.5 Å². The fourth-order valence-corrected chi connectivity index (χ4v) is 2.82. The van der Waals surface area contributed by atoms with Gasteiger partial charge in [0.25, 0.3) is 0 Å². The van der Waals surface area contributed by atoms with Crippen molar-refractivity contribution in [2.24, 2.45) is 0 Å². The third kappa shape index (κ3) is 3.67. The van der Waals surface area contributed by atoms with Crippen LogP contribution in [0.15, 0.2) is 23.1 Å². The summed E-state index contributed by atoms with van der Waals surface area (Å²) in [7, 11) is -2.57. The van der Waals surface area contributed by atoms with Crippen LogP contribution in [0.3, 0.4) is 0 Å². The van der Waals surface area contributed by atoms with Crippen LogP contribution < -0.4 is 10.5 Å². The highest BCUT2D eigenvalue weighted by Crippen LogP contribution is 2.17. The molecule has 0 radical (unpaired) electrons. The van der Waals surface area contributed by atoms with Gasteiger partial charge in [0.15, 0.2) is 0 Å². The van der Waals surface area contributed by atoms with E-state index in [1.165, 1.54) is 17.9 Å². The quantitative estimate of drug-likeness (QED) is 0.777. The number of hydrogen-bond acceptors (Lipinski definition) is 4. The molecule has 0 aliphatic carbocycles. The van der Waals surface area contributed by atoms with Crippen LogP contribution in [0.1, 0.15) is 13.8 Å². The van der Waals surface area contributed by atoms with Gasteiger partial charge in [0.1, 0.15) is 10.7 Å². The van der Waals surface area contributed by atoms with Crippen molar-refractivity contribution in [3.8, 4) is 0 Å². The summed E-state index contributed by atoms with van der Waals surface area (Å²) in [6.07, 6.45) is 0. The molecule has 0 fully saturated rings. The van der Waals surface area contributed by atoms with E-state index in [1.807, 2.05) is 0 Å².